The summed E-state index contributed by atoms with van der Waals surface area (Å²) in [4.78, 5) is 9.50. The van der Waals surface area contributed by atoms with Gasteiger partial charge in [-0.15, -0.1) is 23.1 Å². The largest absolute Gasteiger partial charge is 0.317 e. The lowest BCUT2D eigenvalue weighted by Crippen LogP contribution is -2.20. The summed E-state index contributed by atoms with van der Waals surface area (Å²) < 4.78 is 1.37. The van der Waals surface area contributed by atoms with Crippen molar-refractivity contribution in [2.24, 2.45) is 4.99 Å². The minimum absolute atomic E-state index is 0.896. The molecule has 0 N–H and O–H groups in total. The predicted molar refractivity (Wildman–Crippen MR) is 97.3 cm³/mol. The van der Waals surface area contributed by atoms with E-state index >= 15 is 0 Å². The smallest absolute Gasteiger partial charge is 0.168 e. The molecule has 2 nitrogen and oxygen atoms in total. The summed E-state index contributed by atoms with van der Waals surface area (Å²) >= 11 is 5.37. The van der Waals surface area contributed by atoms with E-state index in [0.29, 0.717) is 0 Å². The Labute approximate surface area is 136 Å². The van der Waals surface area contributed by atoms with Crippen molar-refractivity contribution in [2.75, 3.05) is 19.3 Å². The Balaban J connectivity index is 1.96. The van der Waals surface area contributed by atoms with Crippen LogP contribution < -0.4 is 0 Å². The van der Waals surface area contributed by atoms with Crippen LogP contribution in [0.5, 0.6) is 0 Å². The van der Waals surface area contributed by atoms with Crippen molar-refractivity contribution in [3.8, 4) is 0 Å². The Bertz CT molecular complexity index is 801. The highest BCUT2D eigenvalue weighted by atomic mass is 32.2. The zero-order valence-electron chi connectivity index (χ0n) is 11.6. The molecule has 0 fully saturated rings. The molecule has 2 aromatic rings. The minimum Gasteiger partial charge on any atom is -0.317 e. The summed E-state index contributed by atoms with van der Waals surface area (Å²) in [5, 5.41) is 4.66. The molecule has 5 heteroatoms. The lowest BCUT2D eigenvalue weighted by Gasteiger charge is -2.18. The van der Waals surface area contributed by atoms with E-state index in [1.807, 2.05) is 29.2 Å². The van der Waals surface area contributed by atoms with Gasteiger partial charge < -0.3 is 4.90 Å². The molecule has 1 aromatic carbocycles. The summed E-state index contributed by atoms with van der Waals surface area (Å²) in [7, 11) is 0. The highest BCUT2D eigenvalue weighted by Gasteiger charge is 2.32. The molecule has 21 heavy (non-hydrogen) atoms. The van der Waals surface area contributed by atoms with E-state index in [1.165, 1.54) is 31.1 Å². The van der Waals surface area contributed by atoms with Gasteiger partial charge in [-0.3, -0.25) is 4.99 Å². The Morgan fingerprint density at radius 2 is 2.29 bits per heavy atom. The Hall–Kier alpha value is -1.17. The van der Waals surface area contributed by atoms with Crippen molar-refractivity contribution in [1.82, 2.24) is 4.90 Å². The van der Waals surface area contributed by atoms with E-state index in [0.717, 1.165) is 18.3 Å². The van der Waals surface area contributed by atoms with Gasteiger partial charge in [0, 0.05) is 32.0 Å². The van der Waals surface area contributed by atoms with Crippen molar-refractivity contribution in [3.63, 3.8) is 0 Å². The fourth-order valence-corrected chi connectivity index (χ4v) is 5.46. The number of rotatable bonds is 3. The van der Waals surface area contributed by atoms with Crippen LogP contribution in [-0.4, -0.2) is 29.4 Å². The number of benzene rings is 1. The molecule has 0 saturated heterocycles. The standard InChI is InChI=1S/C16H14N2S3/c1-3-12-14(18-8-7-17-16(18)21-12)11-4-5-13(19-2)10-6-9-20-15(10)11/h3-6,9H,1,7-8H2,2H3. The highest BCUT2D eigenvalue weighted by molar-refractivity contribution is 8.17. The van der Waals surface area contributed by atoms with E-state index in [-0.39, 0.29) is 0 Å². The van der Waals surface area contributed by atoms with Crippen molar-refractivity contribution >= 4 is 55.8 Å². The maximum atomic E-state index is 4.59. The molecule has 4 rings (SSSR count). The lowest BCUT2D eigenvalue weighted by molar-refractivity contribution is 0.649. The summed E-state index contributed by atoms with van der Waals surface area (Å²) in [6.45, 7) is 5.86. The second kappa shape index (κ2) is 5.23. The van der Waals surface area contributed by atoms with Crippen LogP contribution in [0.15, 0.2) is 51.0 Å². The fraction of sp³-hybridized carbons (Fsp3) is 0.188. The van der Waals surface area contributed by atoms with Crippen molar-refractivity contribution < 1.29 is 0 Å². The zero-order valence-corrected chi connectivity index (χ0v) is 14.1. The van der Waals surface area contributed by atoms with Gasteiger partial charge in [0.1, 0.15) is 0 Å². The molecule has 0 amide bonds. The van der Waals surface area contributed by atoms with Gasteiger partial charge in [-0.05, 0) is 35.5 Å². The van der Waals surface area contributed by atoms with Gasteiger partial charge in [-0.25, -0.2) is 0 Å². The third-order valence-electron chi connectivity index (χ3n) is 3.74. The van der Waals surface area contributed by atoms with Gasteiger partial charge in [0.2, 0.25) is 0 Å². The first kappa shape index (κ1) is 13.5. The minimum atomic E-state index is 0.896. The highest BCUT2D eigenvalue weighted by Crippen LogP contribution is 2.45. The van der Waals surface area contributed by atoms with Gasteiger partial charge in [0.05, 0.1) is 12.2 Å². The van der Waals surface area contributed by atoms with Gasteiger partial charge in [0.15, 0.2) is 5.17 Å². The van der Waals surface area contributed by atoms with Crippen LogP contribution in [0.2, 0.25) is 0 Å². The van der Waals surface area contributed by atoms with Crippen LogP contribution in [0.4, 0.5) is 0 Å². The van der Waals surface area contributed by atoms with Gasteiger partial charge in [-0.2, -0.15) is 0 Å². The van der Waals surface area contributed by atoms with E-state index in [4.69, 9.17) is 0 Å². The molecule has 0 atom stereocenters. The van der Waals surface area contributed by atoms with Crippen LogP contribution in [0, 0.1) is 0 Å². The van der Waals surface area contributed by atoms with Crippen LogP contribution in [-0.2, 0) is 0 Å². The molecule has 0 saturated carbocycles. The molecule has 0 unspecified atom stereocenters. The number of hydrogen-bond donors (Lipinski definition) is 0. The van der Waals surface area contributed by atoms with Gasteiger partial charge in [-0.1, -0.05) is 18.7 Å². The second-order valence-electron chi connectivity index (χ2n) is 4.81. The number of allylic oxidation sites excluding steroid dienone is 1. The molecule has 0 spiro atoms. The van der Waals surface area contributed by atoms with Gasteiger partial charge in [0.25, 0.3) is 0 Å². The third-order valence-corrected chi connectivity index (χ3v) is 6.60. The number of fused-ring (bicyclic) bond motifs is 2. The third kappa shape index (κ3) is 1.99. The average molecular weight is 331 g/mol. The summed E-state index contributed by atoms with van der Waals surface area (Å²) in [6, 6.07) is 6.72. The normalized spacial score (nSPS) is 17.6. The van der Waals surface area contributed by atoms with E-state index in [2.05, 4.69) is 46.3 Å². The molecule has 106 valence electrons. The monoisotopic (exact) mass is 330 g/mol. The quantitative estimate of drug-likeness (QED) is 0.745. The lowest BCUT2D eigenvalue weighted by atomic mass is 10.1. The summed E-state index contributed by atoms with van der Waals surface area (Å²) in [5.41, 5.74) is 2.60. The van der Waals surface area contributed by atoms with Crippen LogP contribution in [0.25, 0.3) is 15.8 Å². The van der Waals surface area contributed by atoms with Crippen LogP contribution >= 0.6 is 34.9 Å². The SMILES string of the molecule is C=CC1=C(c2ccc(SC)c3ccsc23)N2CCN=C2S1. The van der Waals surface area contributed by atoms with Crippen LogP contribution in [0.3, 0.4) is 0 Å². The molecule has 0 radical (unpaired) electrons. The number of amidine groups is 1. The number of thiophene rings is 1. The van der Waals surface area contributed by atoms with Crippen molar-refractivity contribution in [3.05, 3.63) is 46.7 Å². The first-order valence-corrected chi connectivity index (χ1v) is 9.66. The Morgan fingerprint density at radius 1 is 1.38 bits per heavy atom. The first-order chi connectivity index (χ1) is 10.3. The second-order valence-corrected chi connectivity index (χ2v) is 7.59. The van der Waals surface area contributed by atoms with Gasteiger partial charge >= 0.3 is 0 Å². The number of nitrogens with zero attached hydrogens (tertiary/aromatic N) is 2. The summed E-state index contributed by atoms with van der Waals surface area (Å²) in [5.74, 6) is 0. The number of hydrogen-bond acceptors (Lipinski definition) is 5. The van der Waals surface area contributed by atoms with E-state index in [9.17, 15) is 0 Å². The average Bonchev–Trinajstić information content (AvgIpc) is 3.20. The molecular weight excluding hydrogens is 316 g/mol. The Morgan fingerprint density at radius 3 is 3.10 bits per heavy atom. The van der Waals surface area contributed by atoms with Crippen LogP contribution in [0.1, 0.15) is 5.56 Å². The molecule has 1 aromatic heterocycles. The molecular formula is C16H14N2S3. The summed E-state index contributed by atoms with van der Waals surface area (Å²) in [6.07, 6.45) is 4.10. The number of thioether (sulfide) groups is 2. The zero-order chi connectivity index (χ0) is 14.4. The van der Waals surface area contributed by atoms with E-state index in [1.54, 1.807) is 11.8 Å². The van der Waals surface area contributed by atoms with Crippen molar-refractivity contribution in [2.45, 2.75) is 4.90 Å². The molecule has 2 aliphatic heterocycles. The molecule has 3 heterocycles. The predicted octanol–water partition coefficient (Wildman–Crippen LogP) is 4.90. The first-order valence-electron chi connectivity index (χ1n) is 6.74. The maximum absolute atomic E-state index is 4.59. The Kier molecular flexibility index (Phi) is 3.36. The van der Waals surface area contributed by atoms with Crippen molar-refractivity contribution in [1.29, 1.82) is 0 Å². The topological polar surface area (TPSA) is 15.6 Å². The van der Waals surface area contributed by atoms with E-state index < -0.39 is 0 Å². The molecule has 2 aliphatic rings. The molecule has 0 bridgehead atoms. The molecule has 0 aliphatic carbocycles. The number of aliphatic imine (C=N–C) groups is 1. The fourth-order valence-electron chi connectivity index (χ4n) is 2.82. The maximum Gasteiger partial charge on any atom is 0.168 e.